The van der Waals surface area contributed by atoms with Crippen LogP contribution in [-0.2, 0) is 0 Å². The van der Waals surface area contributed by atoms with Crippen molar-refractivity contribution in [3.63, 3.8) is 0 Å². The number of carbonyl (C=O) groups is 2. The van der Waals surface area contributed by atoms with Crippen molar-refractivity contribution in [2.45, 2.75) is 0 Å². The molecule has 0 spiro atoms. The highest BCUT2D eigenvalue weighted by molar-refractivity contribution is 6.06. The number of fused-ring (bicyclic) bond motifs is 1. The van der Waals surface area contributed by atoms with Crippen molar-refractivity contribution in [1.82, 2.24) is 4.98 Å². The van der Waals surface area contributed by atoms with Crippen LogP contribution in [0.15, 0.2) is 30.3 Å². The molecule has 0 saturated heterocycles. The molecule has 0 saturated carbocycles. The van der Waals surface area contributed by atoms with E-state index in [1.165, 1.54) is 6.07 Å². The third-order valence-corrected chi connectivity index (χ3v) is 2.12. The fourth-order valence-electron chi connectivity index (χ4n) is 1.46. The van der Waals surface area contributed by atoms with Crippen LogP contribution in [-0.4, -0.2) is 17.2 Å². The Balaban J connectivity index is 2.86. The molecule has 2 aromatic rings. The molecule has 2 rings (SSSR count). The highest BCUT2D eigenvalue weighted by atomic mass is 16.1. The summed E-state index contributed by atoms with van der Waals surface area (Å²) in [7, 11) is 0. The molecular formula is C11H8N2O2. The van der Waals surface area contributed by atoms with E-state index in [1.807, 2.05) is 0 Å². The quantitative estimate of drug-likeness (QED) is 0.739. The van der Waals surface area contributed by atoms with Crippen LogP contribution < -0.4 is 5.73 Å². The van der Waals surface area contributed by atoms with E-state index >= 15 is 0 Å². The number of amides is 1. The summed E-state index contributed by atoms with van der Waals surface area (Å²) in [6, 6.07) is 8.45. The first-order valence-corrected chi connectivity index (χ1v) is 4.37. The summed E-state index contributed by atoms with van der Waals surface area (Å²) in [5.74, 6) is -0.559. The van der Waals surface area contributed by atoms with Crippen LogP contribution in [0.5, 0.6) is 0 Å². The van der Waals surface area contributed by atoms with E-state index < -0.39 is 5.91 Å². The van der Waals surface area contributed by atoms with Crippen molar-refractivity contribution in [2.24, 2.45) is 5.73 Å². The van der Waals surface area contributed by atoms with Crippen molar-refractivity contribution in [3.8, 4) is 0 Å². The second-order valence-electron chi connectivity index (χ2n) is 3.09. The summed E-state index contributed by atoms with van der Waals surface area (Å²) in [4.78, 5) is 25.8. The number of nitrogens with zero attached hydrogens (tertiary/aromatic N) is 1. The fraction of sp³-hybridized carbons (Fsp3) is 0. The monoisotopic (exact) mass is 200 g/mol. The lowest BCUT2D eigenvalue weighted by Crippen LogP contribution is -2.12. The van der Waals surface area contributed by atoms with Crippen LogP contribution in [0.25, 0.3) is 10.9 Å². The number of primary amides is 1. The van der Waals surface area contributed by atoms with Gasteiger partial charge in [-0.25, -0.2) is 4.98 Å². The minimum Gasteiger partial charge on any atom is -0.366 e. The van der Waals surface area contributed by atoms with E-state index in [9.17, 15) is 9.59 Å². The van der Waals surface area contributed by atoms with Crippen molar-refractivity contribution in [1.29, 1.82) is 0 Å². The smallest absolute Gasteiger partial charge is 0.249 e. The third-order valence-electron chi connectivity index (χ3n) is 2.12. The standard InChI is InChI=1S/C11H8N2O2/c12-11(15)9-5-7(6-14)13-10-4-2-1-3-8(9)10/h1-6H,(H2,12,15). The molecule has 1 heterocycles. The second kappa shape index (κ2) is 3.49. The molecule has 0 radical (unpaired) electrons. The summed E-state index contributed by atoms with van der Waals surface area (Å²) >= 11 is 0. The predicted molar refractivity (Wildman–Crippen MR) is 55.6 cm³/mol. The van der Waals surface area contributed by atoms with Crippen molar-refractivity contribution in [2.75, 3.05) is 0 Å². The Labute approximate surface area is 85.7 Å². The van der Waals surface area contributed by atoms with E-state index in [1.54, 1.807) is 24.3 Å². The van der Waals surface area contributed by atoms with Crippen LogP contribution in [0.1, 0.15) is 20.8 Å². The molecule has 0 aliphatic rings. The average Bonchev–Trinajstić information content (AvgIpc) is 2.27. The number of pyridine rings is 1. The number of nitrogens with two attached hydrogens (primary N) is 1. The van der Waals surface area contributed by atoms with E-state index in [4.69, 9.17) is 5.73 Å². The minimum atomic E-state index is -0.559. The van der Waals surface area contributed by atoms with Gasteiger partial charge in [-0.3, -0.25) is 9.59 Å². The number of carbonyl (C=O) groups excluding carboxylic acids is 2. The first-order chi connectivity index (χ1) is 7.22. The van der Waals surface area contributed by atoms with Crippen LogP contribution >= 0.6 is 0 Å². The van der Waals surface area contributed by atoms with E-state index in [2.05, 4.69) is 4.98 Å². The Morgan fingerprint density at radius 2 is 2.07 bits per heavy atom. The summed E-state index contributed by atoms with van der Waals surface area (Å²) in [6.07, 6.45) is 0.596. The van der Waals surface area contributed by atoms with Gasteiger partial charge in [-0.15, -0.1) is 0 Å². The van der Waals surface area contributed by atoms with Gasteiger partial charge in [0.25, 0.3) is 0 Å². The molecule has 0 aliphatic carbocycles. The Bertz CT molecular complexity index is 549. The van der Waals surface area contributed by atoms with Gasteiger partial charge < -0.3 is 5.73 Å². The molecule has 0 atom stereocenters. The Kier molecular flexibility index (Phi) is 2.17. The maximum Gasteiger partial charge on any atom is 0.249 e. The third kappa shape index (κ3) is 1.57. The first kappa shape index (κ1) is 9.33. The molecule has 2 N–H and O–H groups in total. The number of rotatable bonds is 2. The highest BCUT2D eigenvalue weighted by Crippen LogP contribution is 2.17. The van der Waals surface area contributed by atoms with Gasteiger partial charge in [0.1, 0.15) is 5.69 Å². The van der Waals surface area contributed by atoms with Crippen LogP contribution in [0.4, 0.5) is 0 Å². The van der Waals surface area contributed by atoms with Crippen LogP contribution in [0.2, 0.25) is 0 Å². The van der Waals surface area contributed by atoms with Crippen LogP contribution in [0.3, 0.4) is 0 Å². The number of aldehydes is 1. The van der Waals surface area contributed by atoms with Crippen molar-refractivity contribution in [3.05, 3.63) is 41.6 Å². The highest BCUT2D eigenvalue weighted by Gasteiger charge is 2.08. The molecule has 4 nitrogen and oxygen atoms in total. The number of para-hydroxylation sites is 1. The molecule has 4 heteroatoms. The van der Waals surface area contributed by atoms with Gasteiger partial charge in [-0.05, 0) is 12.1 Å². The zero-order chi connectivity index (χ0) is 10.8. The van der Waals surface area contributed by atoms with Gasteiger partial charge in [0.05, 0.1) is 11.1 Å². The van der Waals surface area contributed by atoms with Crippen LogP contribution in [0, 0.1) is 0 Å². The first-order valence-electron chi connectivity index (χ1n) is 4.37. The zero-order valence-corrected chi connectivity index (χ0v) is 7.81. The topological polar surface area (TPSA) is 73.1 Å². The van der Waals surface area contributed by atoms with E-state index in [0.717, 1.165) is 0 Å². The largest absolute Gasteiger partial charge is 0.366 e. The van der Waals surface area contributed by atoms with Gasteiger partial charge in [-0.2, -0.15) is 0 Å². The molecule has 0 bridgehead atoms. The lowest BCUT2D eigenvalue weighted by molar-refractivity contribution is 0.100. The maximum atomic E-state index is 11.2. The predicted octanol–water partition coefficient (Wildman–Crippen LogP) is 1.15. The van der Waals surface area contributed by atoms with Gasteiger partial charge in [0.2, 0.25) is 5.91 Å². The Morgan fingerprint density at radius 3 is 2.73 bits per heavy atom. The number of aromatic nitrogens is 1. The van der Waals surface area contributed by atoms with Gasteiger partial charge in [-0.1, -0.05) is 18.2 Å². The summed E-state index contributed by atoms with van der Waals surface area (Å²) in [6.45, 7) is 0. The molecular weight excluding hydrogens is 192 g/mol. The molecule has 0 aliphatic heterocycles. The summed E-state index contributed by atoms with van der Waals surface area (Å²) in [5.41, 5.74) is 6.35. The molecule has 1 aromatic carbocycles. The van der Waals surface area contributed by atoms with E-state index in [-0.39, 0.29) is 5.69 Å². The zero-order valence-electron chi connectivity index (χ0n) is 7.81. The SMILES string of the molecule is NC(=O)c1cc(C=O)nc2ccccc12. The lowest BCUT2D eigenvalue weighted by Gasteiger charge is -2.03. The number of hydrogen-bond donors (Lipinski definition) is 1. The van der Waals surface area contributed by atoms with E-state index in [0.29, 0.717) is 22.8 Å². The molecule has 15 heavy (non-hydrogen) atoms. The Hall–Kier alpha value is -2.23. The van der Waals surface area contributed by atoms with Gasteiger partial charge in [0.15, 0.2) is 6.29 Å². The fourth-order valence-corrected chi connectivity index (χ4v) is 1.46. The molecule has 1 amide bonds. The maximum absolute atomic E-state index is 11.2. The normalized spacial score (nSPS) is 10.1. The molecule has 1 aromatic heterocycles. The average molecular weight is 200 g/mol. The second-order valence-corrected chi connectivity index (χ2v) is 3.09. The van der Waals surface area contributed by atoms with Gasteiger partial charge in [0, 0.05) is 5.39 Å². The molecule has 0 fully saturated rings. The van der Waals surface area contributed by atoms with Gasteiger partial charge >= 0.3 is 0 Å². The summed E-state index contributed by atoms with van der Waals surface area (Å²) in [5, 5.41) is 0.663. The molecule has 74 valence electrons. The van der Waals surface area contributed by atoms with Crippen molar-refractivity contribution >= 4 is 23.1 Å². The summed E-state index contributed by atoms with van der Waals surface area (Å²) < 4.78 is 0. The Morgan fingerprint density at radius 1 is 1.33 bits per heavy atom. The number of hydrogen-bond acceptors (Lipinski definition) is 3. The lowest BCUT2D eigenvalue weighted by atomic mass is 10.1. The van der Waals surface area contributed by atoms with Crippen molar-refractivity contribution < 1.29 is 9.59 Å². The number of benzene rings is 1. The molecule has 0 unspecified atom stereocenters. The minimum absolute atomic E-state index is 0.211.